The molecule has 2 saturated carbocycles. The maximum absolute atomic E-state index is 11.3. The zero-order valence-corrected chi connectivity index (χ0v) is 12.1. The first kappa shape index (κ1) is 13.9. The van der Waals surface area contributed by atoms with E-state index in [2.05, 4.69) is 26.8 Å². The molecular formula is C16H27NO. The van der Waals surface area contributed by atoms with Gasteiger partial charge in [0.15, 0.2) is 0 Å². The summed E-state index contributed by atoms with van der Waals surface area (Å²) in [5, 5.41) is 21.0. The molecule has 2 nitrogen and oxygen atoms in total. The molecule has 2 aliphatic carbocycles. The molecule has 2 heteroatoms. The molecule has 0 aliphatic heterocycles. The largest absolute Gasteiger partial charge is 0.388 e. The monoisotopic (exact) mass is 249 g/mol. The van der Waals surface area contributed by atoms with Gasteiger partial charge in [-0.3, -0.25) is 0 Å². The first-order valence-electron chi connectivity index (χ1n) is 7.61. The molecule has 0 amide bonds. The Kier molecular flexibility index (Phi) is 3.74. The highest BCUT2D eigenvalue weighted by Crippen LogP contribution is 2.56. The molecule has 18 heavy (non-hydrogen) atoms. The SMILES string of the molecule is CCC1CCC(C#N)(C2(O)CC(C)CCC2C)C1. The number of aliphatic hydroxyl groups is 1. The minimum absolute atomic E-state index is 0.268. The summed E-state index contributed by atoms with van der Waals surface area (Å²) >= 11 is 0. The third-order valence-corrected chi connectivity index (χ3v) is 5.80. The van der Waals surface area contributed by atoms with Gasteiger partial charge in [-0.25, -0.2) is 0 Å². The Labute approximate surface area is 111 Å². The molecule has 0 spiro atoms. The second-order valence-corrected chi connectivity index (χ2v) is 6.92. The molecule has 2 fully saturated rings. The summed E-state index contributed by atoms with van der Waals surface area (Å²) < 4.78 is 0. The van der Waals surface area contributed by atoms with Crippen molar-refractivity contribution < 1.29 is 5.11 Å². The van der Waals surface area contributed by atoms with Crippen LogP contribution in [0.1, 0.15) is 65.7 Å². The average molecular weight is 249 g/mol. The minimum atomic E-state index is -0.747. The molecule has 2 rings (SSSR count). The highest BCUT2D eigenvalue weighted by molar-refractivity contribution is 5.17. The topological polar surface area (TPSA) is 44.0 Å². The maximum Gasteiger partial charge on any atom is 0.0865 e. The third-order valence-electron chi connectivity index (χ3n) is 5.80. The lowest BCUT2D eigenvalue weighted by Gasteiger charge is -2.49. The van der Waals surface area contributed by atoms with Gasteiger partial charge in [0.1, 0.15) is 0 Å². The van der Waals surface area contributed by atoms with Crippen molar-refractivity contribution >= 4 is 0 Å². The first-order valence-corrected chi connectivity index (χ1v) is 7.61. The first-order chi connectivity index (χ1) is 8.47. The lowest BCUT2D eigenvalue weighted by atomic mass is 9.58. The van der Waals surface area contributed by atoms with Gasteiger partial charge in [-0.2, -0.15) is 5.26 Å². The van der Waals surface area contributed by atoms with Crippen molar-refractivity contribution in [2.24, 2.45) is 23.2 Å². The van der Waals surface area contributed by atoms with E-state index in [1.807, 2.05) is 0 Å². The van der Waals surface area contributed by atoms with Crippen LogP contribution in [0.25, 0.3) is 0 Å². The van der Waals surface area contributed by atoms with Crippen LogP contribution in [0.4, 0.5) is 0 Å². The fourth-order valence-electron chi connectivity index (χ4n) is 4.36. The van der Waals surface area contributed by atoms with Crippen LogP contribution in [0, 0.1) is 34.5 Å². The molecule has 0 aromatic carbocycles. The van der Waals surface area contributed by atoms with Crippen LogP contribution < -0.4 is 0 Å². The Morgan fingerprint density at radius 3 is 2.50 bits per heavy atom. The summed E-state index contributed by atoms with van der Waals surface area (Å²) in [5.74, 6) is 1.46. The second-order valence-electron chi connectivity index (χ2n) is 6.92. The van der Waals surface area contributed by atoms with Gasteiger partial charge >= 0.3 is 0 Å². The number of hydrogen-bond donors (Lipinski definition) is 1. The van der Waals surface area contributed by atoms with Gasteiger partial charge in [-0.1, -0.05) is 33.6 Å². The number of rotatable bonds is 2. The minimum Gasteiger partial charge on any atom is -0.388 e. The molecule has 5 atom stereocenters. The molecule has 102 valence electrons. The van der Waals surface area contributed by atoms with Gasteiger partial charge < -0.3 is 5.11 Å². The van der Waals surface area contributed by atoms with E-state index in [-0.39, 0.29) is 5.92 Å². The van der Waals surface area contributed by atoms with E-state index < -0.39 is 11.0 Å². The zero-order valence-electron chi connectivity index (χ0n) is 12.1. The van der Waals surface area contributed by atoms with E-state index in [0.29, 0.717) is 11.8 Å². The van der Waals surface area contributed by atoms with Crippen LogP contribution in [0.5, 0.6) is 0 Å². The smallest absolute Gasteiger partial charge is 0.0865 e. The highest BCUT2D eigenvalue weighted by atomic mass is 16.3. The van der Waals surface area contributed by atoms with Crippen molar-refractivity contribution in [3.8, 4) is 6.07 Å². The summed E-state index contributed by atoms with van der Waals surface area (Å²) in [5.41, 5.74) is -1.22. The van der Waals surface area contributed by atoms with Crippen molar-refractivity contribution in [1.82, 2.24) is 0 Å². The molecule has 5 unspecified atom stereocenters. The van der Waals surface area contributed by atoms with Crippen molar-refractivity contribution in [2.75, 3.05) is 0 Å². The number of hydrogen-bond acceptors (Lipinski definition) is 2. The molecule has 0 aromatic heterocycles. The molecule has 2 aliphatic rings. The third kappa shape index (κ3) is 1.97. The summed E-state index contributed by atoms with van der Waals surface area (Å²) in [6.07, 6.45) is 7.15. The number of nitriles is 1. The lowest BCUT2D eigenvalue weighted by molar-refractivity contribution is -0.130. The fraction of sp³-hybridized carbons (Fsp3) is 0.938. The summed E-state index contributed by atoms with van der Waals surface area (Å²) in [6.45, 7) is 6.56. The summed E-state index contributed by atoms with van der Waals surface area (Å²) in [6, 6.07) is 2.55. The Morgan fingerprint density at radius 1 is 1.22 bits per heavy atom. The van der Waals surface area contributed by atoms with E-state index in [1.54, 1.807) is 0 Å². The van der Waals surface area contributed by atoms with E-state index in [0.717, 1.165) is 38.5 Å². The fourth-order valence-corrected chi connectivity index (χ4v) is 4.36. The van der Waals surface area contributed by atoms with Crippen LogP contribution >= 0.6 is 0 Å². The molecule has 0 bridgehead atoms. The molecule has 0 saturated heterocycles. The van der Waals surface area contributed by atoms with Crippen LogP contribution in [0.3, 0.4) is 0 Å². The molecule has 1 N–H and O–H groups in total. The van der Waals surface area contributed by atoms with Gasteiger partial charge in [-0.15, -0.1) is 0 Å². The Bertz CT molecular complexity index is 347. The predicted molar refractivity (Wildman–Crippen MR) is 72.8 cm³/mol. The van der Waals surface area contributed by atoms with Crippen LogP contribution in [0.15, 0.2) is 0 Å². The normalized spacial score (nSPS) is 48.9. The van der Waals surface area contributed by atoms with Gasteiger partial charge in [-0.05, 0) is 49.9 Å². The highest BCUT2D eigenvalue weighted by Gasteiger charge is 2.58. The maximum atomic E-state index is 11.3. The molecule has 0 heterocycles. The Balaban J connectivity index is 2.29. The lowest BCUT2D eigenvalue weighted by Crippen LogP contribution is -2.54. The molecule has 0 aromatic rings. The van der Waals surface area contributed by atoms with Crippen molar-refractivity contribution in [3.05, 3.63) is 0 Å². The van der Waals surface area contributed by atoms with Crippen LogP contribution in [0.2, 0.25) is 0 Å². The van der Waals surface area contributed by atoms with E-state index >= 15 is 0 Å². The van der Waals surface area contributed by atoms with Crippen molar-refractivity contribution in [3.63, 3.8) is 0 Å². The van der Waals surface area contributed by atoms with Gasteiger partial charge in [0.05, 0.1) is 17.1 Å². The summed E-state index contributed by atoms with van der Waals surface area (Å²) in [7, 11) is 0. The van der Waals surface area contributed by atoms with Crippen molar-refractivity contribution in [2.45, 2.75) is 71.3 Å². The van der Waals surface area contributed by atoms with Gasteiger partial charge in [0.25, 0.3) is 0 Å². The van der Waals surface area contributed by atoms with E-state index in [1.165, 1.54) is 6.42 Å². The summed E-state index contributed by atoms with van der Waals surface area (Å²) in [4.78, 5) is 0. The van der Waals surface area contributed by atoms with Crippen LogP contribution in [-0.2, 0) is 0 Å². The van der Waals surface area contributed by atoms with E-state index in [9.17, 15) is 10.4 Å². The second kappa shape index (κ2) is 4.85. The van der Waals surface area contributed by atoms with Crippen molar-refractivity contribution in [1.29, 1.82) is 5.26 Å². The van der Waals surface area contributed by atoms with Gasteiger partial charge in [0.2, 0.25) is 0 Å². The number of nitrogens with zero attached hydrogens (tertiary/aromatic N) is 1. The van der Waals surface area contributed by atoms with Crippen LogP contribution in [-0.4, -0.2) is 10.7 Å². The molecule has 0 radical (unpaired) electrons. The average Bonchev–Trinajstić information content (AvgIpc) is 2.79. The standard InChI is InChI=1S/C16H27NO/c1-4-14-7-8-15(10-14,11-17)16(18)9-12(2)5-6-13(16)3/h12-14,18H,4-10H2,1-3H3. The Morgan fingerprint density at radius 2 is 1.94 bits per heavy atom. The predicted octanol–water partition coefficient (Wildman–Crippen LogP) is 3.89. The zero-order chi connectivity index (χ0) is 13.4. The molecular weight excluding hydrogens is 222 g/mol. The Hall–Kier alpha value is -0.550. The quantitative estimate of drug-likeness (QED) is 0.806. The van der Waals surface area contributed by atoms with E-state index in [4.69, 9.17) is 0 Å². The van der Waals surface area contributed by atoms with Gasteiger partial charge in [0, 0.05) is 0 Å².